The van der Waals surface area contributed by atoms with Gasteiger partial charge in [0.2, 0.25) is 0 Å². The zero-order valence-corrected chi connectivity index (χ0v) is 14.7. The third-order valence-electron chi connectivity index (χ3n) is 3.39. The lowest BCUT2D eigenvalue weighted by Gasteiger charge is -2.08. The van der Waals surface area contributed by atoms with Crippen molar-refractivity contribution in [2.75, 3.05) is 53.4 Å². The van der Waals surface area contributed by atoms with E-state index in [0.29, 0.717) is 51.9 Å². The molecule has 1 heterocycles. The van der Waals surface area contributed by atoms with Gasteiger partial charge in [0.25, 0.3) is 0 Å². The van der Waals surface area contributed by atoms with E-state index in [2.05, 4.69) is 4.98 Å². The molecule has 0 saturated carbocycles. The summed E-state index contributed by atoms with van der Waals surface area (Å²) in [4.78, 5) is 14.8. The molecule has 0 aliphatic carbocycles. The highest BCUT2D eigenvalue weighted by Crippen LogP contribution is 2.22. The number of carbonyl (C=O) groups is 1. The summed E-state index contributed by atoms with van der Waals surface area (Å²) in [6.07, 6.45) is 0. The molecule has 0 bridgehead atoms. The molecule has 0 fully saturated rings. The summed E-state index contributed by atoms with van der Waals surface area (Å²) in [6.45, 7) is 5.26. The Labute approximate surface area is 147 Å². The lowest BCUT2D eigenvalue weighted by molar-refractivity contribution is 0.0180. The van der Waals surface area contributed by atoms with E-state index >= 15 is 0 Å². The first-order valence-corrected chi connectivity index (χ1v) is 8.31. The molecule has 0 radical (unpaired) electrons. The van der Waals surface area contributed by atoms with Gasteiger partial charge >= 0.3 is 5.97 Å². The minimum atomic E-state index is -0.359. The predicted octanol–water partition coefficient (Wildman–Crippen LogP) is 2.40. The van der Waals surface area contributed by atoms with Crippen LogP contribution in [0.2, 0.25) is 0 Å². The SMILES string of the molecule is CCOC(=O)c1cc2cc(OCCOCCOCCOC)ccc2[nH]1. The van der Waals surface area contributed by atoms with Crippen LogP contribution in [0.5, 0.6) is 5.75 Å². The van der Waals surface area contributed by atoms with E-state index in [0.717, 1.165) is 16.7 Å². The van der Waals surface area contributed by atoms with Crippen molar-refractivity contribution in [2.24, 2.45) is 0 Å². The second kappa shape index (κ2) is 10.7. The van der Waals surface area contributed by atoms with Gasteiger partial charge in [-0.3, -0.25) is 0 Å². The number of hydrogen-bond acceptors (Lipinski definition) is 6. The monoisotopic (exact) mass is 351 g/mol. The minimum Gasteiger partial charge on any atom is -0.491 e. The number of esters is 1. The Morgan fingerprint density at radius 1 is 1.00 bits per heavy atom. The van der Waals surface area contributed by atoms with Gasteiger partial charge in [0.15, 0.2) is 0 Å². The molecule has 0 amide bonds. The Balaban J connectivity index is 1.72. The third-order valence-corrected chi connectivity index (χ3v) is 3.39. The van der Waals surface area contributed by atoms with Crippen LogP contribution in [0.25, 0.3) is 10.9 Å². The lowest BCUT2D eigenvalue weighted by Crippen LogP contribution is -2.12. The Bertz CT molecular complexity index is 654. The van der Waals surface area contributed by atoms with E-state index in [4.69, 9.17) is 23.7 Å². The average molecular weight is 351 g/mol. The van der Waals surface area contributed by atoms with Gasteiger partial charge in [0.05, 0.1) is 39.6 Å². The Hall–Kier alpha value is -2.09. The number of benzene rings is 1. The first-order valence-electron chi connectivity index (χ1n) is 8.31. The zero-order valence-electron chi connectivity index (χ0n) is 14.7. The summed E-state index contributed by atoms with van der Waals surface area (Å²) < 4.78 is 26.2. The lowest BCUT2D eigenvalue weighted by atomic mass is 10.2. The number of ether oxygens (including phenoxy) is 5. The van der Waals surface area contributed by atoms with Crippen molar-refractivity contribution in [3.8, 4) is 5.75 Å². The van der Waals surface area contributed by atoms with Gasteiger partial charge in [-0.2, -0.15) is 0 Å². The van der Waals surface area contributed by atoms with Gasteiger partial charge in [-0.05, 0) is 31.2 Å². The zero-order chi connectivity index (χ0) is 17.9. The second-order valence-electron chi connectivity index (χ2n) is 5.22. The minimum absolute atomic E-state index is 0.347. The van der Waals surface area contributed by atoms with E-state index in [1.165, 1.54) is 0 Å². The molecule has 0 spiro atoms. The summed E-state index contributed by atoms with van der Waals surface area (Å²) in [5.74, 6) is 0.365. The van der Waals surface area contributed by atoms with E-state index in [1.807, 2.05) is 18.2 Å². The van der Waals surface area contributed by atoms with Crippen molar-refractivity contribution < 1.29 is 28.5 Å². The van der Waals surface area contributed by atoms with Crippen LogP contribution in [-0.2, 0) is 18.9 Å². The summed E-state index contributed by atoms with van der Waals surface area (Å²) >= 11 is 0. The standard InChI is InChI=1S/C18H25NO6/c1-3-24-18(20)17-13-14-12-15(4-5-16(14)19-17)25-11-10-23-9-8-22-7-6-21-2/h4-5,12-13,19H,3,6-11H2,1-2H3. The predicted molar refractivity (Wildman–Crippen MR) is 93.3 cm³/mol. The molecule has 138 valence electrons. The number of hydrogen-bond donors (Lipinski definition) is 1. The van der Waals surface area contributed by atoms with Crippen LogP contribution in [-0.4, -0.2) is 64.3 Å². The maximum absolute atomic E-state index is 11.7. The largest absolute Gasteiger partial charge is 0.491 e. The van der Waals surface area contributed by atoms with Gasteiger partial charge in [0, 0.05) is 18.0 Å². The number of fused-ring (bicyclic) bond motifs is 1. The fraction of sp³-hybridized carbons (Fsp3) is 0.500. The van der Waals surface area contributed by atoms with Gasteiger partial charge in [-0.1, -0.05) is 0 Å². The van der Waals surface area contributed by atoms with Gasteiger partial charge < -0.3 is 28.7 Å². The summed E-state index contributed by atoms with van der Waals surface area (Å²) in [5, 5.41) is 0.896. The highest BCUT2D eigenvalue weighted by molar-refractivity contribution is 5.95. The summed E-state index contributed by atoms with van der Waals surface area (Å²) in [7, 11) is 1.64. The van der Waals surface area contributed by atoms with Crippen molar-refractivity contribution in [1.82, 2.24) is 4.98 Å². The van der Waals surface area contributed by atoms with E-state index in [-0.39, 0.29) is 5.97 Å². The maximum Gasteiger partial charge on any atom is 0.354 e. The molecular formula is C18H25NO6. The molecule has 7 nitrogen and oxygen atoms in total. The highest BCUT2D eigenvalue weighted by atomic mass is 16.6. The van der Waals surface area contributed by atoms with E-state index < -0.39 is 0 Å². The summed E-state index contributed by atoms with van der Waals surface area (Å²) in [5.41, 5.74) is 1.30. The van der Waals surface area contributed by atoms with Crippen molar-refractivity contribution in [3.05, 3.63) is 30.0 Å². The molecule has 1 aromatic carbocycles. The molecule has 0 saturated heterocycles. The van der Waals surface area contributed by atoms with Crippen LogP contribution in [0, 0.1) is 0 Å². The van der Waals surface area contributed by atoms with Crippen LogP contribution in [0.4, 0.5) is 0 Å². The van der Waals surface area contributed by atoms with Crippen LogP contribution >= 0.6 is 0 Å². The molecule has 2 aromatic rings. The average Bonchev–Trinajstić information content (AvgIpc) is 3.04. The Kier molecular flexibility index (Phi) is 8.24. The molecule has 2 rings (SSSR count). The molecular weight excluding hydrogens is 326 g/mol. The van der Waals surface area contributed by atoms with Crippen molar-refractivity contribution in [3.63, 3.8) is 0 Å². The molecule has 7 heteroatoms. The first kappa shape index (κ1) is 19.2. The van der Waals surface area contributed by atoms with E-state index in [9.17, 15) is 4.79 Å². The van der Waals surface area contributed by atoms with Crippen LogP contribution in [0.15, 0.2) is 24.3 Å². The highest BCUT2D eigenvalue weighted by Gasteiger charge is 2.10. The van der Waals surface area contributed by atoms with Crippen LogP contribution in [0.1, 0.15) is 17.4 Å². The normalized spacial score (nSPS) is 11.0. The molecule has 0 atom stereocenters. The molecule has 1 N–H and O–H groups in total. The van der Waals surface area contributed by atoms with Crippen LogP contribution < -0.4 is 4.74 Å². The van der Waals surface area contributed by atoms with Crippen molar-refractivity contribution in [1.29, 1.82) is 0 Å². The number of aromatic amines is 1. The topological polar surface area (TPSA) is 79.0 Å². The number of aromatic nitrogens is 1. The Morgan fingerprint density at radius 3 is 2.44 bits per heavy atom. The molecule has 0 aliphatic heterocycles. The van der Waals surface area contributed by atoms with Crippen molar-refractivity contribution >= 4 is 16.9 Å². The second-order valence-corrected chi connectivity index (χ2v) is 5.22. The molecule has 1 aromatic heterocycles. The third kappa shape index (κ3) is 6.38. The number of carbonyl (C=O) groups excluding carboxylic acids is 1. The number of H-pyrrole nitrogens is 1. The first-order chi connectivity index (χ1) is 12.2. The molecule has 25 heavy (non-hydrogen) atoms. The van der Waals surface area contributed by atoms with Crippen molar-refractivity contribution in [2.45, 2.75) is 6.92 Å². The van der Waals surface area contributed by atoms with Gasteiger partial charge in [0.1, 0.15) is 18.1 Å². The molecule has 0 unspecified atom stereocenters. The van der Waals surface area contributed by atoms with E-state index in [1.54, 1.807) is 20.1 Å². The smallest absolute Gasteiger partial charge is 0.354 e. The summed E-state index contributed by atoms with van der Waals surface area (Å²) in [6, 6.07) is 7.36. The number of nitrogens with one attached hydrogen (secondary N) is 1. The fourth-order valence-electron chi connectivity index (χ4n) is 2.20. The molecule has 0 aliphatic rings. The number of methoxy groups -OCH3 is 1. The van der Waals surface area contributed by atoms with Gasteiger partial charge in [-0.15, -0.1) is 0 Å². The maximum atomic E-state index is 11.7. The quantitative estimate of drug-likeness (QED) is 0.467. The van der Waals surface area contributed by atoms with Crippen LogP contribution in [0.3, 0.4) is 0 Å². The number of rotatable bonds is 12. The van der Waals surface area contributed by atoms with Gasteiger partial charge in [-0.25, -0.2) is 4.79 Å². The Morgan fingerprint density at radius 2 is 1.72 bits per heavy atom. The fourth-order valence-corrected chi connectivity index (χ4v) is 2.20.